The van der Waals surface area contributed by atoms with Crippen LogP contribution in [0.1, 0.15) is 51.2 Å². The summed E-state index contributed by atoms with van der Waals surface area (Å²) in [6.07, 6.45) is 3.63. The molecule has 2 atom stereocenters. The van der Waals surface area contributed by atoms with E-state index in [2.05, 4.69) is 45.0 Å². The van der Waals surface area contributed by atoms with Crippen molar-refractivity contribution in [2.45, 2.75) is 45.4 Å². The van der Waals surface area contributed by atoms with Crippen LogP contribution < -0.4 is 0 Å². The zero-order valence-corrected chi connectivity index (χ0v) is 14.7. The molecule has 2 nitrogen and oxygen atoms in total. The second kappa shape index (κ2) is 4.78. The van der Waals surface area contributed by atoms with Crippen molar-refractivity contribution in [1.29, 1.82) is 0 Å². The summed E-state index contributed by atoms with van der Waals surface area (Å²) in [5.74, 6) is 1.19. The van der Waals surface area contributed by atoms with Crippen LogP contribution in [0.2, 0.25) is 0 Å². The molecule has 2 aliphatic carbocycles. The van der Waals surface area contributed by atoms with E-state index in [0.717, 1.165) is 6.42 Å². The molecule has 2 N–H and O–H groups in total. The van der Waals surface area contributed by atoms with Crippen molar-refractivity contribution in [3.63, 3.8) is 0 Å². The lowest BCUT2D eigenvalue weighted by Gasteiger charge is -2.41. The zero-order chi connectivity index (χ0) is 17.2. The molecule has 0 radical (unpaired) electrons. The highest BCUT2D eigenvalue weighted by atomic mass is 16.3. The molecule has 0 saturated heterocycles. The van der Waals surface area contributed by atoms with Gasteiger partial charge in [0.25, 0.3) is 0 Å². The van der Waals surface area contributed by atoms with Crippen LogP contribution in [0.4, 0.5) is 0 Å². The minimum absolute atomic E-state index is 0.0437. The van der Waals surface area contributed by atoms with E-state index in [9.17, 15) is 10.2 Å². The molecule has 2 aromatic carbocycles. The fraction of sp³-hybridized carbons (Fsp3) is 0.455. The highest BCUT2D eigenvalue weighted by molar-refractivity contribution is 5.47. The zero-order valence-electron chi connectivity index (χ0n) is 14.7. The maximum absolute atomic E-state index is 9.74. The van der Waals surface area contributed by atoms with Crippen LogP contribution in [-0.4, -0.2) is 10.2 Å². The third-order valence-electron chi connectivity index (χ3n) is 7.44. The second-order valence-electron chi connectivity index (χ2n) is 8.62. The molecule has 2 bridgehead atoms. The highest BCUT2D eigenvalue weighted by Gasteiger charge is 2.67. The lowest BCUT2D eigenvalue weighted by atomic mass is 9.62. The monoisotopic (exact) mass is 322 g/mol. The third kappa shape index (κ3) is 1.83. The van der Waals surface area contributed by atoms with Gasteiger partial charge in [-0.15, -0.1) is 0 Å². The average molecular weight is 322 g/mol. The van der Waals surface area contributed by atoms with Crippen molar-refractivity contribution >= 4 is 0 Å². The molecule has 0 spiro atoms. The largest absolute Gasteiger partial charge is 0.508 e. The lowest BCUT2D eigenvalue weighted by Crippen LogP contribution is -2.36. The Balaban J connectivity index is 1.95. The molecular formula is C22H26O2. The van der Waals surface area contributed by atoms with Gasteiger partial charge in [0.2, 0.25) is 0 Å². The first-order valence-electron chi connectivity index (χ1n) is 8.89. The molecule has 0 aliphatic heterocycles. The van der Waals surface area contributed by atoms with Gasteiger partial charge in [-0.1, -0.05) is 45.0 Å². The maximum atomic E-state index is 9.74. The highest BCUT2D eigenvalue weighted by Crippen LogP contribution is 2.73. The van der Waals surface area contributed by atoms with Crippen molar-refractivity contribution in [3.8, 4) is 11.5 Å². The molecule has 2 saturated carbocycles. The first-order chi connectivity index (χ1) is 11.3. The van der Waals surface area contributed by atoms with E-state index in [1.54, 1.807) is 24.3 Å². The van der Waals surface area contributed by atoms with Crippen LogP contribution in [-0.2, 0) is 5.41 Å². The number of phenolic OH excluding ortho intramolecular Hbond substituents is 2. The summed E-state index contributed by atoms with van der Waals surface area (Å²) < 4.78 is 0. The Bertz CT molecular complexity index is 709. The van der Waals surface area contributed by atoms with Gasteiger partial charge in [0.15, 0.2) is 0 Å². The van der Waals surface area contributed by atoms with Crippen LogP contribution in [0.15, 0.2) is 48.5 Å². The van der Waals surface area contributed by atoms with Crippen LogP contribution in [0, 0.1) is 16.7 Å². The van der Waals surface area contributed by atoms with E-state index in [4.69, 9.17) is 0 Å². The second-order valence-corrected chi connectivity index (χ2v) is 8.62. The van der Waals surface area contributed by atoms with Gasteiger partial charge in [-0.25, -0.2) is 0 Å². The van der Waals surface area contributed by atoms with Gasteiger partial charge >= 0.3 is 0 Å². The first kappa shape index (κ1) is 15.6. The Kier molecular flexibility index (Phi) is 3.10. The molecular weight excluding hydrogens is 296 g/mol. The molecule has 2 aromatic rings. The summed E-state index contributed by atoms with van der Waals surface area (Å²) >= 11 is 0. The van der Waals surface area contributed by atoms with Crippen molar-refractivity contribution in [1.82, 2.24) is 0 Å². The predicted molar refractivity (Wildman–Crippen MR) is 96.2 cm³/mol. The van der Waals surface area contributed by atoms with Gasteiger partial charge in [-0.2, -0.15) is 0 Å². The smallest absolute Gasteiger partial charge is 0.115 e. The molecule has 2 heteroatoms. The Morgan fingerprint density at radius 2 is 1.25 bits per heavy atom. The van der Waals surface area contributed by atoms with Gasteiger partial charge in [0.05, 0.1) is 0 Å². The number of aromatic hydroxyl groups is 2. The normalized spacial score (nSPS) is 29.7. The summed E-state index contributed by atoms with van der Waals surface area (Å²) in [6.45, 7) is 7.29. The Morgan fingerprint density at radius 1 is 0.792 bits per heavy atom. The van der Waals surface area contributed by atoms with E-state index in [1.807, 2.05) is 0 Å². The van der Waals surface area contributed by atoms with Gasteiger partial charge in [0, 0.05) is 5.41 Å². The summed E-state index contributed by atoms with van der Waals surface area (Å²) in [4.78, 5) is 0. The standard InChI is InChI=1S/C22H26O2/c1-20(2)19-12-13-21(20,3)14-22(19,15-4-8-17(23)9-5-15)16-6-10-18(24)11-7-16/h4-11,19,23-24H,12-14H2,1-3H3. The van der Waals surface area contributed by atoms with Crippen molar-refractivity contribution < 1.29 is 10.2 Å². The average Bonchev–Trinajstić information content (AvgIpc) is 2.88. The topological polar surface area (TPSA) is 40.5 Å². The van der Waals surface area contributed by atoms with E-state index < -0.39 is 0 Å². The molecule has 0 heterocycles. The van der Waals surface area contributed by atoms with E-state index in [1.165, 1.54) is 24.0 Å². The fourth-order valence-electron chi connectivity index (χ4n) is 5.77. The summed E-state index contributed by atoms with van der Waals surface area (Å²) in [5, 5.41) is 19.5. The Hall–Kier alpha value is -1.96. The van der Waals surface area contributed by atoms with Gasteiger partial charge < -0.3 is 10.2 Å². The summed E-state index contributed by atoms with van der Waals surface area (Å²) in [5.41, 5.74) is 3.11. The molecule has 2 aliphatic rings. The Labute approximate surface area is 144 Å². The number of rotatable bonds is 2. The fourth-order valence-corrected chi connectivity index (χ4v) is 5.77. The van der Waals surface area contributed by atoms with Crippen LogP contribution in [0.25, 0.3) is 0 Å². The van der Waals surface area contributed by atoms with E-state index in [0.29, 0.717) is 22.8 Å². The number of fused-ring (bicyclic) bond motifs is 2. The maximum Gasteiger partial charge on any atom is 0.115 e. The number of hydrogen-bond acceptors (Lipinski definition) is 2. The van der Waals surface area contributed by atoms with Crippen LogP contribution in [0.5, 0.6) is 11.5 Å². The minimum atomic E-state index is -0.0437. The summed E-state index contributed by atoms with van der Waals surface area (Å²) in [7, 11) is 0. The molecule has 0 amide bonds. The molecule has 0 aromatic heterocycles. The van der Waals surface area contributed by atoms with Crippen molar-refractivity contribution in [2.24, 2.45) is 16.7 Å². The molecule has 2 unspecified atom stereocenters. The molecule has 2 fully saturated rings. The van der Waals surface area contributed by atoms with Crippen LogP contribution >= 0.6 is 0 Å². The Morgan fingerprint density at radius 3 is 1.58 bits per heavy atom. The first-order valence-corrected chi connectivity index (χ1v) is 8.89. The number of phenols is 2. The molecule has 126 valence electrons. The molecule has 24 heavy (non-hydrogen) atoms. The van der Waals surface area contributed by atoms with E-state index in [-0.39, 0.29) is 10.8 Å². The minimum Gasteiger partial charge on any atom is -0.508 e. The van der Waals surface area contributed by atoms with E-state index >= 15 is 0 Å². The summed E-state index contributed by atoms with van der Waals surface area (Å²) in [6, 6.07) is 15.6. The SMILES string of the molecule is CC12CCC(C(c3ccc(O)cc3)(c3ccc(O)cc3)C1)C2(C)C. The van der Waals surface area contributed by atoms with Gasteiger partial charge in [-0.05, 0) is 71.4 Å². The van der Waals surface area contributed by atoms with Gasteiger partial charge in [-0.3, -0.25) is 0 Å². The molecule has 4 rings (SSSR count). The number of hydrogen-bond donors (Lipinski definition) is 2. The quantitative estimate of drug-likeness (QED) is 0.795. The number of benzene rings is 2. The van der Waals surface area contributed by atoms with Crippen molar-refractivity contribution in [2.75, 3.05) is 0 Å². The van der Waals surface area contributed by atoms with Crippen LogP contribution in [0.3, 0.4) is 0 Å². The lowest BCUT2D eigenvalue weighted by molar-refractivity contribution is 0.152. The van der Waals surface area contributed by atoms with Crippen molar-refractivity contribution in [3.05, 3.63) is 59.7 Å². The predicted octanol–water partition coefficient (Wildman–Crippen LogP) is 5.23. The van der Waals surface area contributed by atoms with Gasteiger partial charge in [0.1, 0.15) is 11.5 Å². The third-order valence-corrected chi connectivity index (χ3v) is 7.44.